The number of carbonyl (C=O) groups excluding carboxylic acids is 1. The zero-order valence-corrected chi connectivity index (χ0v) is 13.2. The Hall–Kier alpha value is -2.36. The van der Waals surface area contributed by atoms with Gasteiger partial charge in [0.05, 0.1) is 19.1 Å². The molecule has 0 N–H and O–H groups in total. The maximum Gasteiger partial charge on any atom is 0.226 e. The van der Waals surface area contributed by atoms with Gasteiger partial charge in [0.25, 0.3) is 0 Å². The summed E-state index contributed by atoms with van der Waals surface area (Å²) in [4.78, 5) is 14.2. The second-order valence-corrected chi connectivity index (χ2v) is 5.81. The van der Waals surface area contributed by atoms with Crippen LogP contribution >= 0.6 is 0 Å². The van der Waals surface area contributed by atoms with Gasteiger partial charge < -0.3 is 9.64 Å². The predicted octanol–water partition coefficient (Wildman–Crippen LogP) is 3.74. The first-order valence-electron chi connectivity index (χ1n) is 7.87. The Bertz CT molecular complexity index is 684. The van der Waals surface area contributed by atoms with Crippen LogP contribution in [0.3, 0.4) is 0 Å². The van der Waals surface area contributed by atoms with Crippen LogP contribution in [0.5, 0.6) is 5.75 Å². The van der Waals surface area contributed by atoms with E-state index in [2.05, 4.69) is 12.1 Å². The minimum absolute atomic E-state index is 0.0637. The lowest BCUT2D eigenvalue weighted by Gasteiger charge is -2.25. The molecule has 0 radical (unpaired) electrons. The smallest absolute Gasteiger partial charge is 0.226 e. The van der Waals surface area contributed by atoms with Crippen LogP contribution in [0.1, 0.15) is 30.0 Å². The number of benzene rings is 2. The monoisotopic (exact) mass is 313 g/mol. The van der Waals surface area contributed by atoms with E-state index in [-0.39, 0.29) is 17.8 Å². The largest absolute Gasteiger partial charge is 0.493 e. The van der Waals surface area contributed by atoms with Crippen molar-refractivity contribution < 1.29 is 13.9 Å². The Morgan fingerprint density at radius 3 is 2.74 bits per heavy atom. The molecule has 0 spiro atoms. The minimum Gasteiger partial charge on any atom is -0.493 e. The summed E-state index contributed by atoms with van der Waals surface area (Å²) in [7, 11) is 1.85. The fraction of sp³-hybridized carbons (Fsp3) is 0.316. The highest BCUT2D eigenvalue weighted by Crippen LogP contribution is 2.34. The molecule has 3 nitrogen and oxygen atoms in total. The van der Waals surface area contributed by atoms with Crippen molar-refractivity contribution in [2.45, 2.75) is 25.3 Å². The van der Waals surface area contributed by atoms with Crippen LogP contribution < -0.4 is 4.74 Å². The van der Waals surface area contributed by atoms with E-state index in [4.69, 9.17) is 4.74 Å². The van der Waals surface area contributed by atoms with Crippen LogP contribution in [-0.2, 0) is 11.2 Å². The van der Waals surface area contributed by atoms with E-state index in [1.807, 2.05) is 24.1 Å². The van der Waals surface area contributed by atoms with E-state index in [0.29, 0.717) is 18.8 Å². The molecular weight excluding hydrogens is 293 g/mol. The number of halogens is 1. The molecule has 1 amide bonds. The number of amides is 1. The molecule has 1 aliphatic rings. The third kappa shape index (κ3) is 3.52. The molecule has 1 aliphatic carbocycles. The van der Waals surface area contributed by atoms with Gasteiger partial charge in [-0.2, -0.15) is 0 Å². The van der Waals surface area contributed by atoms with Crippen LogP contribution in [0.4, 0.5) is 4.39 Å². The number of fused-ring (bicyclic) bond motifs is 1. The molecule has 0 fully saturated rings. The van der Waals surface area contributed by atoms with Crippen LogP contribution in [0, 0.1) is 5.82 Å². The molecule has 1 unspecified atom stereocenters. The highest BCUT2D eigenvalue weighted by atomic mass is 19.1. The molecule has 1 atom stereocenters. The lowest BCUT2D eigenvalue weighted by Crippen LogP contribution is -2.31. The number of rotatable bonds is 5. The predicted molar refractivity (Wildman–Crippen MR) is 86.8 cm³/mol. The second-order valence-electron chi connectivity index (χ2n) is 5.81. The highest BCUT2D eigenvalue weighted by molar-refractivity contribution is 5.76. The first kappa shape index (κ1) is 15.5. The fourth-order valence-electron chi connectivity index (χ4n) is 3.07. The zero-order valence-electron chi connectivity index (χ0n) is 13.2. The van der Waals surface area contributed by atoms with Crippen molar-refractivity contribution in [2.75, 3.05) is 13.7 Å². The Kier molecular flexibility index (Phi) is 4.60. The zero-order chi connectivity index (χ0) is 16.2. The van der Waals surface area contributed by atoms with Gasteiger partial charge in [-0.1, -0.05) is 24.3 Å². The van der Waals surface area contributed by atoms with E-state index in [1.54, 1.807) is 12.1 Å². The van der Waals surface area contributed by atoms with Crippen molar-refractivity contribution in [3.8, 4) is 5.75 Å². The van der Waals surface area contributed by atoms with E-state index < -0.39 is 0 Å². The van der Waals surface area contributed by atoms with E-state index in [1.165, 1.54) is 23.3 Å². The molecule has 0 aliphatic heterocycles. The lowest BCUT2D eigenvalue weighted by atomic mass is 10.1. The van der Waals surface area contributed by atoms with Crippen LogP contribution in [0.25, 0.3) is 0 Å². The molecule has 0 bridgehead atoms. The molecule has 23 heavy (non-hydrogen) atoms. The van der Waals surface area contributed by atoms with Gasteiger partial charge in [0, 0.05) is 7.05 Å². The average Bonchev–Trinajstić information content (AvgIpc) is 3.00. The van der Waals surface area contributed by atoms with Crippen LogP contribution in [-0.4, -0.2) is 24.5 Å². The Labute approximate surface area is 135 Å². The standard InChI is InChI=1S/C19H20FNO2/c1-21(18-11-6-14-4-2-3-5-17(14)18)19(22)12-13-23-16-9-7-15(20)8-10-16/h2-5,7-10,18H,6,11-13H2,1H3. The fourth-order valence-corrected chi connectivity index (χ4v) is 3.07. The third-order valence-electron chi connectivity index (χ3n) is 4.36. The van der Waals surface area contributed by atoms with Gasteiger partial charge >= 0.3 is 0 Å². The van der Waals surface area contributed by atoms with Crippen molar-refractivity contribution in [1.82, 2.24) is 4.90 Å². The minimum atomic E-state index is -0.298. The second kappa shape index (κ2) is 6.82. The van der Waals surface area contributed by atoms with E-state index in [0.717, 1.165) is 12.8 Å². The topological polar surface area (TPSA) is 29.5 Å². The van der Waals surface area contributed by atoms with Gasteiger partial charge in [0.2, 0.25) is 5.91 Å². The van der Waals surface area contributed by atoms with Crippen molar-refractivity contribution in [3.05, 3.63) is 65.5 Å². The molecule has 2 aromatic rings. The number of hydrogen-bond donors (Lipinski definition) is 0. The maximum absolute atomic E-state index is 12.8. The summed E-state index contributed by atoms with van der Waals surface area (Å²) in [6.07, 6.45) is 2.30. The number of ether oxygens (including phenoxy) is 1. The summed E-state index contributed by atoms with van der Waals surface area (Å²) >= 11 is 0. The first-order valence-corrected chi connectivity index (χ1v) is 7.87. The first-order chi connectivity index (χ1) is 11.1. The van der Waals surface area contributed by atoms with Crippen LogP contribution in [0.2, 0.25) is 0 Å². The Morgan fingerprint density at radius 1 is 1.22 bits per heavy atom. The summed E-state index contributed by atoms with van der Waals surface area (Å²) in [5.41, 5.74) is 2.59. The molecule has 4 heteroatoms. The van der Waals surface area contributed by atoms with E-state index in [9.17, 15) is 9.18 Å². The number of carbonyl (C=O) groups is 1. The summed E-state index contributed by atoms with van der Waals surface area (Å²) in [5, 5.41) is 0. The number of aryl methyl sites for hydroxylation is 1. The van der Waals surface area contributed by atoms with Crippen molar-refractivity contribution in [2.24, 2.45) is 0 Å². The Morgan fingerprint density at radius 2 is 1.96 bits per heavy atom. The average molecular weight is 313 g/mol. The quantitative estimate of drug-likeness (QED) is 0.841. The van der Waals surface area contributed by atoms with Gasteiger partial charge in [-0.25, -0.2) is 4.39 Å². The summed E-state index contributed by atoms with van der Waals surface area (Å²) in [6.45, 7) is 0.295. The molecular formula is C19H20FNO2. The molecule has 120 valence electrons. The number of hydrogen-bond acceptors (Lipinski definition) is 2. The van der Waals surface area contributed by atoms with Gasteiger partial charge in [0.15, 0.2) is 0 Å². The molecule has 0 saturated heterocycles. The third-order valence-corrected chi connectivity index (χ3v) is 4.36. The SMILES string of the molecule is CN(C(=O)CCOc1ccc(F)cc1)C1CCc2ccccc21. The van der Waals surface area contributed by atoms with Gasteiger partial charge in [-0.15, -0.1) is 0 Å². The van der Waals surface area contributed by atoms with Gasteiger partial charge in [-0.05, 0) is 48.2 Å². The maximum atomic E-state index is 12.8. The summed E-state index contributed by atoms with van der Waals surface area (Å²) < 4.78 is 18.3. The molecule has 3 rings (SSSR count). The van der Waals surface area contributed by atoms with Crippen LogP contribution in [0.15, 0.2) is 48.5 Å². The van der Waals surface area contributed by atoms with Gasteiger partial charge in [0.1, 0.15) is 11.6 Å². The normalized spacial score (nSPS) is 16.0. The highest BCUT2D eigenvalue weighted by Gasteiger charge is 2.27. The molecule has 0 saturated carbocycles. The van der Waals surface area contributed by atoms with Gasteiger partial charge in [-0.3, -0.25) is 4.79 Å². The van der Waals surface area contributed by atoms with Crippen molar-refractivity contribution >= 4 is 5.91 Å². The van der Waals surface area contributed by atoms with E-state index >= 15 is 0 Å². The molecule has 0 aromatic heterocycles. The molecule has 2 aromatic carbocycles. The van der Waals surface area contributed by atoms with Crippen molar-refractivity contribution in [3.63, 3.8) is 0 Å². The Balaban J connectivity index is 1.53. The molecule has 0 heterocycles. The van der Waals surface area contributed by atoms with Crippen molar-refractivity contribution in [1.29, 1.82) is 0 Å². The summed E-state index contributed by atoms with van der Waals surface area (Å²) in [6, 6.07) is 14.3. The number of nitrogens with zero attached hydrogens (tertiary/aromatic N) is 1. The summed E-state index contributed by atoms with van der Waals surface area (Å²) in [5.74, 6) is 0.343. The lowest BCUT2D eigenvalue weighted by molar-refractivity contribution is -0.132.